The summed E-state index contributed by atoms with van der Waals surface area (Å²) in [6.07, 6.45) is 5.85. The van der Waals surface area contributed by atoms with Crippen LogP contribution in [-0.2, 0) is 4.74 Å². The van der Waals surface area contributed by atoms with Gasteiger partial charge in [-0.25, -0.2) is 0 Å². The third kappa shape index (κ3) is 1.53. The van der Waals surface area contributed by atoms with Crippen LogP contribution < -0.4 is 0 Å². The predicted molar refractivity (Wildman–Crippen MR) is 47.2 cm³/mol. The van der Waals surface area contributed by atoms with Crippen LogP contribution >= 0.6 is 0 Å². The Balaban J connectivity index is 2.88. The van der Waals surface area contributed by atoms with E-state index >= 15 is 0 Å². The minimum atomic E-state index is 0.499. The highest BCUT2D eigenvalue weighted by atomic mass is 16.5. The Kier molecular flexibility index (Phi) is 2.53. The van der Waals surface area contributed by atoms with Crippen molar-refractivity contribution in [3.63, 3.8) is 0 Å². The number of rotatable bonds is 2. The van der Waals surface area contributed by atoms with Gasteiger partial charge in [-0.15, -0.1) is 0 Å². The number of hydrogen-bond donors (Lipinski definition) is 0. The van der Waals surface area contributed by atoms with E-state index < -0.39 is 0 Å². The van der Waals surface area contributed by atoms with Gasteiger partial charge in [0.25, 0.3) is 0 Å². The molecule has 0 fully saturated rings. The standard InChI is InChI=1S/C10H14O/c1-4-6-10-9(5-2)8(3)7-11-10/h4-6,8H,2,7H2,1,3H3/b6-4-. The van der Waals surface area contributed by atoms with E-state index in [9.17, 15) is 0 Å². The first-order valence-electron chi connectivity index (χ1n) is 3.91. The quantitative estimate of drug-likeness (QED) is 0.588. The zero-order valence-corrected chi connectivity index (χ0v) is 7.13. The first kappa shape index (κ1) is 8.12. The van der Waals surface area contributed by atoms with Gasteiger partial charge in [0.1, 0.15) is 5.76 Å². The van der Waals surface area contributed by atoms with Gasteiger partial charge in [-0.3, -0.25) is 0 Å². The summed E-state index contributed by atoms with van der Waals surface area (Å²) in [5.74, 6) is 1.48. The fraction of sp³-hybridized carbons (Fsp3) is 0.400. The monoisotopic (exact) mass is 150 g/mol. The predicted octanol–water partition coefficient (Wildman–Crippen LogP) is 2.67. The Morgan fingerprint density at radius 1 is 1.64 bits per heavy atom. The molecule has 1 heteroatoms. The third-order valence-electron chi connectivity index (χ3n) is 1.84. The number of ether oxygens (including phenoxy) is 1. The van der Waals surface area contributed by atoms with Crippen LogP contribution in [0.1, 0.15) is 13.8 Å². The van der Waals surface area contributed by atoms with E-state index in [1.807, 2.05) is 25.2 Å². The van der Waals surface area contributed by atoms with E-state index in [1.54, 1.807) is 0 Å². The van der Waals surface area contributed by atoms with Crippen molar-refractivity contribution in [1.82, 2.24) is 0 Å². The van der Waals surface area contributed by atoms with E-state index in [0.29, 0.717) is 5.92 Å². The maximum absolute atomic E-state index is 5.43. The van der Waals surface area contributed by atoms with Gasteiger partial charge in [0.05, 0.1) is 6.61 Å². The number of hydrogen-bond acceptors (Lipinski definition) is 1. The van der Waals surface area contributed by atoms with Crippen LogP contribution in [-0.4, -0.2) is 6.61 Å². The zero-order valence-electron chi connectivity index (χ0n) is 7.13. The molecule has 0 amide bonds. The molecule has 0 aliphatic carbocycles. The molecule has 0 radical (unpaired) electrons. The van der Waals surface area contributed by atoms with Crippen LogP contribution in [0.25, 0.3) is 0 Å². The Morgan fingerprint density at radius 3 is 2.91 bits per heavy atom. The van der Waals surface area contributed by atoms with Crippen LogP contribution in [0.5, 0.6) is 0 Å². The summed E-state index contributed by atoms with van der Waals surface area (Å²) >= 11 is 0. The lowest BCUT2D eigenvalue weighted by molar-refractivity contribution is 0.234. The van der Waals surface area contributed by atoms with Gasteiger partial charge in [-0.05, 0) is 18.6 Å². The smallest absolute Gasteiger partial charge is 0.122 e. The first-order chi connectivity index (χ1) is 5.29. The maximum atomic E-state index is 5.43. The summed E-state index contributed by atoms with van der Waals surface area (Å²) in [4.78, 5) is 0. The Hall–Kier alpha value is -0.980. The van der Waals surface area contributed by atoms with E-state index in [2.05, 4.69) is 13.5 Å². The minimum Gasteiger partial charge on any atom is -0.493 e. The summed E-state index contributed by atoms with van der Waals surface area (Å²) in [7, 11) is 0. The molecule has 0 saturated carbocycles. The summed E-state index contributed by atoms with van der Waals surface area (Å²) < 4.78 is 5.43. The molecule has 0 aromatic heterocycles. The molecular formula is C10H14O. The lowest BCUT2D eigenvalue weighted by Crippen LogP contribution is -1.94. The van der Waals surface area contributed by atoms with Gasteiger partial charge in [0, 0.05) is 5.92 Å². The molecule has 0 aromatic rings. The molecule has 1 heterocycles. The molecule has 1 rings (SSSR count). The van der Waals surface area contributed by atoms with Gasteiger partial charge in [-0.1, -0.05) is 25.7 Å². The Morgan fingerprint density at radius 2 is 2.36 bits per heavy atom. The maximum Gasteiger partial charge on any atom is 0.122 e. The van der Waals surface area contributed by atoms with E-state index in [-0.39, 0.29) is 0 Å². The average molecular weight is 150 g/mol. The molecule has 11 heavy (non-hydrogen) atoms. The van der Waals surface area contributed by atoms with Crippen LogP contribution in [0.4, 0.5) is 0 Å². The topological polar surface area (TPSA) is 9.23 Å². The van der Waals surface area contributed by atoms with E-state index in [0.717, 1.165) is 12.4 Å². The average Bonchev–Trinajstić information content (AvgIpc) is 2.33. The van der Waals surface area contributed by atoms with Crippen LogP contribution in [0.2, 0.25) is 0 Å². The highest BCUT2D eigenvalue weighted by Gasteiger charge is 2.18. The molecule has 0 aromatic carbocycles. The molecule has 1 unspecified atom stereocenters. The van der Waals surface area contributed by atoms with E-state index in [1.165, 1.54) is 5.57 Å². The highest BCUT2D eigenvalue weighted by Crippen LogP contribution is 2.26. The number of allylic oxidation sites excluding steroid dienone is 3. The fourth-order valence-corrected chi connectivity index (χ4v) is 1.23. The van der Waals surface area contributed by atoms with Crippen molar-refractivity contribution in [2.24, 2.45) is 5.92 Å². The van der Waals surface area contributed by atoms with Crippen molar-refractivity contribution < 1.29 is 4.74 Å². The molecule has 0 spiro atoms. The summed E-state index contributed by atoms with van der Waals surface area (Å²) in [6, 6.07) is 0. The second kappa shape index (κ2) is 3.42. The molecule has 1 aliphatic rings. The van der Waals surface area contributed by atoms with Gasteiger partial charge in [-0.2, -0.15) is 0 Å². The van der Waals surface area contributed by atoms with Gasteiger partial charge in [0.2, 0.25) is 0 Å². The second-order valence-corrected chi connectivity index (χ2v) is 2.74. The van der Waals surface area contributed by atoms with Crippen molar-refractivity contribution in [3.05, 3.63) is 36.1 Å². The highest BCUT2D eigenvalue weighted by molar-refractivity contribution is 5.32. The minimum absolute atomic E-state index is 0.499. The van der Waals surface area contributed by atoms with Crippen molar-refractivity contribution in [1.29, 1.82) is 0 Å². The Labute approximate surface area is 68.1 Å². The fourth-order valence-electron chi connectivity index (χ4n) is 1.23. The lowest BCUT2D eigenvalue weighted by atomic mass is 10.0. The van der Waals surface area contributed by atoms with Crippen LogP contribution in [0, 0.1) is 5.92 Å². The van der Waals surface area contributed by atoms with Crippen LogP contribution in [0.3, 0.4) is 0 Å². The van der Waals surface area contributed by atoms with Crippen molar-refractivity contribution >= 4 is 0 Å². The van der Waals surface area contributed by atoms with Gasteiger partial charge >= 0.3 is 0 Å². The lowest BCUT2D eigenvalue weighted by Gasteiger charge is -1.97. The molecule has 0 N–H and O–H groups in total. The van der Waals surface area contributed by atoms with Crippen LogP contribution in [0.15, 0.2) is 36.1 Å². The molecule has 1 aliphatic heterocycles. The van der Waals surface area contributed by atoms with Crippen molar-refractivity contribution in [2.45, 2.75) is 13.8 Å². The summed E-state index contributed by atoms with van der Waals surface area (Å²) in [5, 5.41) is 0. The Bertz CT molecular complexity index is 211. The van der Waals surface area contributed by atoms with Crippen molar-refractivity contribution in [3.8, 4) is 0 Å². The SMILES string of the molecule is C=CC1=C(/C=C\C)OCC1C. The molecular weight excluding hydrogens is 136 g/mol. The van der Waals surface area contributed by atoms with Gasteiger partial charge < -0.3 is 4.74 Å². The van der Waals surface area contributed by atoms with Gasteiger partial charge in [0.15, 0.2) is 0 Å². The molecule has 60 valence electrons. The molecule has 0 bridgehead atoms. The third-order valence-corrected chi connectivity index (χ3v) is 1.84. The first-order valence-corrected chi connectivity index (χ1v) is 3.91. The molecule has 1 atom stereocenters. The van der Waals surface area contributed by atoms with Crippen molar-refractivity contribution in [2.75, 3.05) is 6.61 Å². The summed E-state index contributed by atoms with van der Waals surface area (Å²) in [6.45, 7) is 8.68. The molecule has 0 saturated heterocycles. The normalized spacial score (nSPS) is 24.4. The largest absolute Gasteiger partial charge is 0.493 e. The van der Waals surface area contributed by atoms with E-state index in [4.69, 9.17) is 4.74 Å². The zero-order chi connectivity index (χ0) is 8.27. The second-order valence-electron chi connectivity index (χ2n) is 2.74. The summed E-state index contributed by atoms with van der Waals surface area (Å²) in [5.41, 5.74) is 1.23. The molecule has 1 nitrogen and oxygen atoms in total.